The molecule has 6 heteroatoms. The number of aliphatic hydroxyl groups is 1. The lowest BCUT2D eigenvalue weighted by Crippen LogP contribution is -2.30. The molecular weight excluding hydrogens is 360 g/mol. The highest BCUT2D eigenvalue weighted by Crippen LogP contribution is 2.28. The van der Waals surface area contributed by atoms with Gasteiger partial charge in [0, 0.05) is 0 Å². The van der Waals surface area contributed by atoms with Gasteiger partial charge in [0.25, 0.3) is 0 Å². The zero-order valence-electron chi connectivity index (χ0n) is 16.3. The second-order valence-electron chi connectivity index (χ2n) is 7.82. The van der Waals surface area contributed by atoms with Crippen LogP contribution in [0.4, 0.5) is 0 Å². The van der Waals surface area contributed by atoms with Gasteiger partial charge in [-0.05, 0) is 56.9 Å². The molecule has 0 heterocycles. The molecule has 2 fully saturated rings. The van der Waals surface area contributed by atoms with Crippen LogP contribution >= 0.6 is 0 Å². The molecule has 2 aliphatic rings. The molecule has 1 N–H and O–H groups in total. The minimum atomic E-state index is -0.283. The van der Waals surface area contributed by atoms with E-state index < -0.39 is 0 Å². The van der Waals surface area contributed by atoms with E-state index in [9.17, 15) is 14.7 Å². The fraction of sp³-hybridized carbons (Fsp3) is 0.636. The summed E-state index contributed by atoms with van der Waals surface area (Å²) in [4.78, 5) is 24.3. The summed E-state index contributed by atoms with van der Waals surface area (Å²) in [6.45, 7) is 0.274. The molecule has 0 bridgehead atoms. The van der Waals surface area contributed by atoms with E-state index >= 15 is 0 Å². The van der Waals surface area contributed by atoms with Crippen LogP contribution in [0.2, 0.25) is 0 Å². The van der Waals surface area contributed by atoms with Crippen LogP contribution in [0.15, 0.2) is 30.3 Å². The van der Waals surface area contributed by atoms with Crippen LogP contribution in [0.5, 0.6) is 0 Å². The van der Waals surface area contributed by atoms with Gasteiger partial charge in [-0.1, -0.05) is 30.3 Å². The predicted octanol–water partition coefficient (Wildman–Crippen LogP) is 3.36. The lowest BCUT2D eigenvalue weighted by molar-refractivity contribution is -0.169. The topological polar surface area (TPSA) is 82.1 Å². The molecule has 0 atom stereocenters. The van der Waals surface area contributed by atoms with Gasteiger partial charge < -0.3 is 19.3 Å². The Morgan fingerprint density at radius 1 is 0.821 bits per heavy atom. The van der Waals surface area contributed by atoms with E-state index in [1.54, 1.807) is 0 Å². The highest BCUT2D eigenvalue weighted by molar-refractivity contribution is 5.72. The van der Waals surface area contributed by atoms with Crippen LogP contribution in [-0.4, -0.2) is 36.0 Å². The SMILES string of the molecule is O=C(OCOC1CCC(C(=O)OCc2ccccc2)CC1)C1CCC(O)CC1. The Morgan fingerprint density at radius 3 is 2.04 bits per heavy atom. The van der Waals surface area contributed by atoms with Crippen molar-refractivity contribution in [2.75, 3.05) is 6.79 Å². The highest BCUT2D eigenvalue weighted by Gasteiger charge is 2.29. The number of carbonyl (C=O) groups is 2. The summed E-state index contributed by atoms with van der Waals surface area (Å²) < 4.78 is 16.3. The van der Waals surface area contributed by atoms with Crippen molar-refractivity contribution < 1.29 is 28.9 Å². The van der Waals surface area contributed by atoms with Gasteiger partial charge in [0.1, 0.15) is 6.61 Å². The second kappa shape index (κ2) is 10.6. The summed E-state index contributed by atoms with van der Waals surface area (Å²) >= 11 is 0. The zero-order chi connectivity index (χ0) is 19.8. The monoisotopic (exact) mass is 390 g/mol. The normalized spacial score (nSPS) is 27.8. The summed E-state index contributed by atoms with van der Waals surface area (Å²) in [5, 5.41) is 9.50. The molecule has 1 aromatic carbocycles. The molecule has 0 amide bonds. The van der Waals surface area contributed by atoms with Gasteiger partial charge in [0.2, 0.25) is 0 Å². The van der Waals surface area contributed by atoms with E-state index in [2.05, 4.69) is 0 Å². The Labute approximate surface area is 166 Å². The highest BCUT2D eigenvalue weighted by atomic mass is 16.7. The van der Waals surface area contributed by atoms with E-state index in [0.717, 1.165) is 31.2 Å². The van der Waals surface area contributed by atoms with Gasteiger partial charge in [-0.25, -0.2) is 0 Å². The third-order valence-electron chi connectivity index (χ3n) is 5.77. The molecule has 2 saturated carbocycles. The molecule has 154 valence electrons. The fourth-order valence-corrected chi connectivity index (χ4v) is 3.93. The molecule has 0 aromatic heterocycles. The number of hydrogen-bond acceptors (Lipinski definition) is 6. The minimum Gasteiger partial charge on any atom is -0.461 e. The third kappa shape index (κ3) is 6.31. The van der Waals surface area contributed by atoms with Gasteiger partial charge in [-0.15, -0.1) is 0 Å². The first kappa shape index (κ1) is 20.8. The van der Waals surface area contributed by atoms with Crippen molar-refractivity contribution in [3.63, 3.8) is 0 Å². The van der Waals surface area contributed by atoms with Crippen molar-refractivity contribution in [3.8, 4) is 0 Å². The molecule has 0 aliphatic heterocycles. The fourth-order valence-electron chi connectivity index (χ4n) is 3.93. The predicted molar refractivity (Wildman–Crippen MR) is 102 cm³/mol. The Balaban J connectivity index is 1.28. The third-order valence-corrected chi connectivity index (χ3v) is 5.77. The first-order valence-corrected chi connectivity index (χ1v) is 10.3. The van der Waals surface area contributed by atoms with Crippen LogP contribution in [0.25, 0.3) is 0 Å². The molecular formula is C22H30O6. The van der Waals surface area contributed by atoms with Gasteiger partial charge in [-0.2, -0.15) is 0 Å². The Kier molecular flexibility index (Phi) is 7.86. The molecule has 6 nitrogen and oxygen atoms in total. The Morgan fingerprint density at radius 2 is 1.39 bits per heavy atom. The zero-order valence-corrected chi connectivity index (χ0v) is 16.3. The number of ether oxygens (including phenoxy) is 3. The van der Waals surface area contributed by atoms with Crippen molar-refractivity contribution in [1.29, 1.82) is 0 Å². The van der Waals surface area contributed by atoms with Crippen molar-refractivity contribution in [3.05, 3.63) is 35.9 Å². The van der Waals surface area contributed by atoms with Crippen LogP contribution < -0.4 is 0 Å². The van der Waals surface area contributed by atoms with Gasteiger partial charge >= 0.3 is 11.9 Å². The summed E-state index contributed by atoms with van der Waals surface area (Å²) in [6.07, 6.45) is 5.38. The lowest BCUT2D eigenvalue weighted by atomic mass is 9.87. The maximum absolute atomic E-state index is 12.2. The van der Waals surface area contributed by atoms with E-state index in [1.165, 1.54) is 0 Å². The van der Waals surface area contributed by atoms with E-state index in [4.69, 9.17) is 14.2 Å². The molecule has 0 spiro atoms. The average molecular weight is 390 g/mol. The van der Waals surface area contributed by atoms with Crippen molar-refractivity contribution in [2.45, 2.75) is 70.2 Å². The lowest BCUT2D eigenvalue weighted by Gasteiger charge is -2.28. The van der Waals surface area contributed by atoms with Crippen molar-refractivity contribution in [1.82, 2.24) is 0 Å². The van der Waals surface area contributed by atoms with Crippen LogP contribution in [0.1, 0.15) is 56.9 Å². The molecule has 1 aromatic rings. The number of aliphatic hydroxyl groups excluding tert-OH is 1. The standard InChI is InChI=1S/C22H30O6/c23-19-10-6-17(7-11-19)22(25)28-15-27-20-12-8-18(9-13-20)21(24)26-14-16-4-2-1-3-5-16/h1-5,17-20,23H,6-15H2. The molecule has 2 aliphatic carbocycles. The number of carbonyl (C=O) groups excluding carboxylic acids is 2. The van der Waals surface area contributed by atoms with Crippen LogP contribution in [-0.2, 0) is 30.4 Å². The van der Waals surface area contributed by atoms with Crippen LogP contribution in [0.3, 0.4) is 0 Å². The quantitative estimate of drug-likeness (QED) is 0.568. The summed E-state index contributed by atoms with van der Waals surface area (Å²) in [5.74, 6) is -0.583. The maximum Gasteiger partial charge on any atom is 0.311 e. The Bertz CT molecular complexity index is 615. The maximum atomic E-state index is 12.2. The Hall–Kier alpha value is -1.92. The summed E-state index contributed by atoms with van der Waals surface area (Å²) in [7, 11) is 0. The number of benzene rings is 1. The van der Waals surface area contributed by atoms with Gasteiger partial charge in [0.05, 0.1) is 24.0 Å². The number of hydrogen-bond donors (Lipinski definition) is 1. The summed E-state index contributed by atoms with van der Waals surface area (Å²) in [5.41, 5.74) is 0.988. The average Bonchev–Trinajstić information content (AvgIpc) is 2.73. The van der Waals surface area contributed by atoms with E-state index in [1.807, 2.05) is 30.3 Å². The number of esters is 2. The molecule has 0 radical (unpaired) electrons. The molecule has 0 unspecified atom stereocenters. The minimum absolute atomic E-state index is 0.0131. The largest absolute Gasteiger partial charge is 0.461 e. The summed E-state index contributed by atoms with van der Waals surface area (Å²) in [6, 6.07) is 9.67. The van der Waals surface area contributed by atoms with E-state index in [0.29, 0.717) is 32.3 Å². The number of rotatable bonds is 7. The van der Waals surface area contributed by atoms with Crippen molar-refractivity contribution in [2.24, 2.45) is 11.8 Å². The molecule has 0 saturated heterocycles. The molecule has 28 heavy (non-hydrogen) atoms. The first-order valence-electron chi connectivity index (χ1n) is 10.3. The molecule has 3 rings (SSSR count). The first-order chi connectivity index (χ1) is 13.6. The second-order valence-corrected chi connectivity index (χ2v) is 7.82. The van der Waals surface area contributed by atoms with Gasteiger partial charge in [-0.3, -0.25) is 9.59 Å². The van der Waals surface area contributed by atoms with Crippen molar-refractivity contribution >= 4 is 11.9 Å². The van der Waals surface area contributed by atoms with Crippen LogP contribution in [0, 0.1) is 11.8 Å². The smallest absolute Gasteiger partial charge is 0.311 e. The van der Waals surface area contributed by atoms with E-state index in [-0.39, 0.29) is 42.8 Å². The van der Waals surface area contributed by atoms with Gasteiger partial charge in [0.15, 0.2) is 6.79 Å².